The molecule has 1 fully saturated rings. The summed E-state index contributed by atoms with van der Waals surface area (Å²) in [4.78, 5) is 31.4. The molecule has 0 unspecified atom stereocenters. The number of primary amides is 1. The zero-order valence-electron chi connectivity index (χ0n) is 20.1. The fourth-order valence-corrected chi connectivity index (χ4v) is 4.33. The summed E-state index contributed by atoms with van der Waals surface area (Å²) in [5.74, 6) is -0.194. The van der Waals surface area contributed by atoms with Crippen LogP contribution in [0.3, 0.4) is 0 Å². The minimum absolute atomic E-state index is 0.196. The van der Waals surface area contributed by atoms with Crippen molar-refractivity contribution in [3.05, 3.63) is 77.2 Å². The van der Waals surface area contributed by atoms with Crippen LogP contribution >= 0.6 is 0 Å². The second kappa shape index (κ2) is 9.67. The van der Waals surface area contributed by atoms with Crippen LogP contribution in [0.4, 0.5) is 22.9 Å². The molecule has 0 bridgehead atoms. The first-order chi connectivity index (χ1) is 17.4. The number of aryl methyl sites for hydroxylation is 2. The number of nitrogens with one attached hydrogen (secondary N) is 2. The molecule has 4 aromatic rings. The lowest BCUT2D eigenvalue weighted by Gasteiger charge is -2.29. The van der Waals surface area contributed by atoms with Crippen molar-refractivity contribution in [3.8, 4) is 0 Å². The van der Waals surface area contributed by atoms with Crippen LogP contribution in [-0.4, -0.2) is 52.7 Å². The average Bonchev–Trinajstić information content (AvgIpc) is 3.24. The number of fused-ring (bicyclic) bond motifs is 1. The third-order valence-electron chi connectivity index (χ3n) is 6.33. The highest BCUT2D eigenvalue weighted by molar-refractivity contribution is 6.05. The molecule has 1 aliphatic heterocycles. The van der Waals surface area contributed by atoms with E-state index < -0.39 is 5.91 Å². The largest absolute Gasteiger partial charge is 0.378 e. The number of nitrogens with zero attached hydrogens (tertiary/aromatic N) is 4. The number of hydrogen-bond donors (Lipinski definition) is 3. The standard InChI is InChI=1S/C26H27N7O3/c1-16-6-7-19(30-26(35)18-4-3-5-20(12-18)32-8-10-36-11-9-32)13-22(16)31-25-23-17(2)21(24(27)34)14-33(23)29-15-28-25/h3-7,12-15H,8-11H2,1-2H3,(H2,27,34)(H,30,35)(H,28,29,31). The Kier molecular flexibility index (Phi) is 6.26. The molecule has 5 rings (SSSR count). The van der Waals surface area contributed by atoms with Crippen molar-refractivity contribution < 1.29 is 14.3 Å². The Balaban J connectivity index is 1.38. The summed E-state index contributed by atoms with van der Waals surface area (Å²) in [6, 6.07) is 13.2. The summed E-state index contributed by atoms with van der Waals surface area (Å²) in [6.07, 6.45) is 3.00. The molecule has 4 N–H and O–H groups in total. The van der Waals surface area contributed by atoms with Crippen molar-refractivity contribution in [3.63, 3.8) is 0 Å². The zero-order chi connectivity index (χ0) is 25.2. The monoisotopic (exact) mass is 485 g/mol. The number of nitrogens with two attached hydrogens (primary N) is 1. The molecule has 3 heterocycles. The minimum atomic E-state index is -0.525. The van der Waals surface area contributed by atoms with Crippen LogP contribution in [0.25, 0.3) is 5.52 Å². The second-order valence-electron chi connectivity index (χ2n) is 8.69. The molecule has 2 aromatic carbocycles. The molecule has 0 atom stereocenters. The van der Waals surface area contributed by atoms with E-state index in [0.717, 1.165) is 30.0 Å². The zero-order valence-corrected chi connectivity index (χ0v) is 20.1. The van der Waals surface area contributed by atoms with Crippen molar-refractivity contribution in [1.29, 1.82) is 0 Å². The predicted octanol–water partition coefficient (Wildman–Crippen LogP) is 3.28. The van der Waals surface area contributed by atoms with Gasteiger partial charge in [0.2, 0.25) is 0 Å². The first kappa shape index (κ1) is 23.3. The van der Waals surface area contributed by atoms with Crippen molar-refractivity contribution in [2.45, 2.75) is 13.8 Å². The van der Waals surface area contributed by atoms with Gasteiger partial charge in [-0.1, -0.05) is 12.1 Å². The summed E-state index contributed by atoms with van der Waals surface area (Å²) >= 11 is 0. The third kappa shape index (κ3) is 4.58. The molecule has 2 amide bonds. The summed E-state index contributed by atoms with van der Waals surface area (Å²) in [5, 5.41) is 10.5. The van der Waals surface area contributed by atoms with Crippen LogP contribution in [0.2, 0.25) is 0 Å². The lowest BCUT2D eigenvalue weighted by molar-refractivity contribution is 0.0997. The summed E-state index contributed by atoms with van der Waals surface area (Å²) in [7, 11) is 0. The number of carbonyl (C=O) groups excluding carboxylic acids is 2. The number of amides is 2. The molecule has 1 aliphatic rings. The molecule has 10 nitrogen and oxygen atoms in total. The highest BCUT2D eigenvalue weighted by atomic mass is 16.5. The van der Waals surface area contributed by atoms with Crippen LogP contribution in [0.1, 0.15) is 31.8 Å². The van der Waals surface area contributed by atoms with E-state index in [0.29, 0.717) is 46.9 Å². The molecule has 0 aliphatic carbocycles. The Morgan fingerprint density at radius 1 is 1.08 bits per heavy atom. The number of hydrogen-bond acceptors (Lipinski definition) is 7. The molecule has 10 heteroatoms. The fourth-order valence-electron chi connectivity index (χ4n) is 4.33. The van der Waals surface area contributed by atoms with Crippen LogP contribution in [0.5, 0.6) is 0 Å². The van der Waals surface area contributed by atoms with Crippen LogP contribution < -0.4 is 21.3 Å². The van der Waals surface area contributed by atoms with E-state index in [9.17, 15) is 9.59 Å². The lowest BCUT2D eigenvalue weighted by Crippen LogP contribution is -2.36. The smallest absolute Gasteiger partial charge is 0.255 e. The van der Waals surface area contributed by atoms with E-state index in [2.05, 4.69) is 25.6 Å². The lowest BCUT2D eigenvalue weighted by atomic mass is 10.1. The number of ether oxygens (including phenoxy) is 1. The van der Waals surface area contributed by atoms with Crippen molar-refractivity contribution >= 4 is 40.2 Å². The maximum atomic E-state index is 13.0. The average molecular weight is 486 g/mol. The second-order valence-corrected chi connectivity index (χ2v) is 8.69. The Hall–Kier alpha value is -4.44. The molecule has 2 aromatic heterocycles. The van der Waals surface area contributed by atoms with Gasteiger partial charge in [-0.2, -0.15) is 5.10 Å². The molecule has 36 heavy (non-hydrogen) atoms. The van der Waals surface area contributed by atoms with Crippen LogP contribution in [-0.2, 0) is 4.74 Å². The van der Waals surface area contributed by atoms with E-state index in [1.54, 1.807) is 23.7 Å². The van der Waals surface area contributed by atoms with Gasteiger partial charge in [0.25, 0.3) is 11.8 Å². The molecule has 0 spiro atoms. The van der Waals surface area contributed by atoms with E-state index in [-0.39, 0.29) is 5.91 Å². The molecule has 0 radical (unpaired) electrons. The predicted molar refractivity (Wildman–Crippen MR) is 138 cm³/mol. The number of rotatable bonds is 6. The fraction of sp³-hybridized carbons (Fsp3) is 0.231. The van der Waals surface area contributed by atoms with Crippen LogP contribution in [0.15, 0.2) is 55.0 Å². The van der Waals surface area contributed by atoms with Gasteiger partial charge in [0, 0.05) is 41.9 Å². The normalized spacial score (nSPS) is 13.6. The van der Waals surface area contributed by atoms with E-state index in [4.69, 9.17) is 10.5 Å². The Labute approximate surface area is 208 Å². The molecular formula is C26H27N7O3. The van der Waals surface area contributed by atoms with E-state index in [1.165, 1.54) is 6.33 Å². The number of anilines is 4. The molecule has 184 valence electrons. The van der Waals surface area contributed by atoms with Crippen molar-refractivity contribution in [2.75, 3.05) is 41.8 Å². The van der Waals surface area contributed by atoms with E-state index >= 15 is 0 Å². The van der Waals surface area contributed by atoms with Gasteiger partial charge in [0.15, 0.2) is 5.82 Å². The Bertz CT molecular complexity index is 1460. The maximum Gasteiger partial charge on any atom is 0.255 e. The quantitative estimate of drug-likeness (QED) is 0.382. The van der Waals surface area contributed by atoms with Crippen molar-refractivity contribution in [2.24, 2.45) is 5.73 Å². The van der Waals surface area contributed by atoms with Gasteiger partial charge in [-0.3, -0.25) is 9.59 Å². The highest BCUT2D eigenvalue weighted by Gasteiger charge is 2.17. The molecule has 0 saturated carbocycles. The SMILES string of the molecule is Cc1ccc(NC(=O)c2cccc(N3CCOCC3)c2)cc1Nc1ncnn2cc(C(N)=O)c(C)c12. The van der Waals surface area contributed by atoms with Crippen LogP contribution in [0, 0.1) is 13.8 Å². The highest BCUT2D eigenvalue weighted by Crippen LogP contribution is 2.28. The van der Waals surface area contributed by atoms with Gasteiger partial charge in [0.1, 0.15) is 11.8 Å². The van der Waals surface area contributed by atoms with Gasteiger partial charge < -0.3 is 26.0 Å². The van der Waals surface area contributed by atoms with Gasteiger partial charge in [-0.25, -0.2) is 9.50 Å². The summed E-state index contributed by atoms with van der Waals surface area (Å²) in [6.45, 7) is 6.73. The van der Waals surface area contributed by atoms with Gasteiger partial charge in [-0.15, -0.1) is 0 Å². The van der Waals surface area contributed by atoms with Gasteiger partial charge >= 0.3 is 0 Å². The number of carbonyl (C=O) groups is 2. The van der Waals surface area contributed by atoms with Crippen molar-refractivity contribution in [1.82, 2.24) is 14.6 Å². The topological polar surface area (TPSA) is 127 Å². The van der Waals surface area contributed by atoms with Gasteiger partial charge in [0.05, 0.1) is 18.8 Å². The maximum absolute atomic E-state index is 13.0. The Morgan fingerprint density at radius 2 is 1.89 bits per heavy atom. The number of aromatic nitrogens is 3. The first-order valence-electron chi connectivity index (χ1n) is 11.7. The molecule has 1 saturated heterocycles. The molecular weight excluding hydrogens is 458 g/mol. The third-order valence-corrected chi connectivity index (χ3v) is 6.33. The number of benzene rings is 2. The van der Waals surface area contributed by atoms with E-state index in [1.807, 2.05) is 43.3 Å². The summed E-state index contributed by atoms with van der Waals surface area (Å²) < 4.78 is 7.00. The van der Waals surface area contributed by atoms with Gasteiger partial charge in [-0.05, 0) is 55.3 Å². The number of morpholine rings is 1. The Morgan fingerprint density at radius 3 is 2.67 bits per heavy atom. The summed E-state index contributed by atoms with van der Waals surface area (Å²) in [5.41, 5.74) is 11.2. The first-order valence-corrected chi connectivity index (χ1v) is 11.7. The minimum Gasteiger partial charge on any atom is -0.378 e.